The van der Waals surface area contributed by atoms with Gasteiger partial charge in [0.1, 0.15) is 0 Å². The van der Waals surface area contributed by atoms with Gasteiger partial charge in [0, 0.05) is 18.3 Å². The summed E-state index contributed by atoms with van der Waals surface area (Å²) in [4.78, 5) is 16.6. The first-order valence-corrected chi connectivity index (χ1v) is 7.34. The van der Waals surface area contributed by atoms with Gasteiger partial charge in [-0.05, 0) is 32.1 Å². The van der Waals surface area contributed by atoms with Crippen LogP contribution in [0, 0.1) is 19.8 Å². The fourth-order valence-electron chi connectivity index (χ4n) is 2.47. The largest absolute Gasteiger partial charge is 0.436 e. The van der Waals surface area contributed by atoms with E-state index in [9.17, 15) is 4.79 Å². The number of carbonyl (C=O) groups is 1. The van der Waals surface area contributed by atoms with Crippen molar-refractivity contribution in [1.82, 2.24) is 10.3 Å². The lowest BCUT2D eigenvalue weighted by atomic mass is 9.89. The summed E-state index contributed by atoms with van der Waals surface area (Å²) >= 11 is 3.65. The molecule has 1 N–H and O–H groups in total. The molecule has 4 nitrogen and oxygen atoms in total. The first kappa shape index (κ1) is 13.6. The number of carbonyl (C=O) groups excluding carboxylic acids is 1. The minimum atomic E-state index is -0.148. The van der Waals surface area contributed by atoms with Crippen LogP contribution in [0.5, 0.6) is 0 Å². The van der Waals surface area contributed by atoms with Crippen molar-refractivity contribution >= 4 is 21.8 Å². The number of oxazole rings is 1. The lowest BCUT2D eigenvalue weighted by Crippen LogP contribution is -2.32. The van der Waals surface area contributed by atoms with Crippen molar-refractivity contribution in [2.24, 2.45) is 5.92 Å². The zero-order valence-corrected chi connectivity index (χ0v) is 12.4. The Morgan fingerprint density at radius 2 is 2.28 bits per heavy atom. The van der Waals surface area contributed by atoms with Crippen LogP contribution in [0.15, 0.2) is 4.42 Å². The molecule has 1 heterocycles. The lowest BCUT2D eigenvalue weighted by Gasteiger charge is -2.25. The Kier molecular flexibility index (Phi) is 4.43. The van der Waals surface area contributed by atoms with Gasteiger partial charge in [-0.1, -0.05) is 22.4 Å². The van der Waals surface area contributed by atoms with Gasteiger partial charge in [-0.2, -0.15) is 0 Å². The number of aromatic nitrogens is 1. The number of aryl methyl sites for hydroxylation is 2. The second-order valence-corrected chi connectivity index (χ2v) is 6.28. The van der Waals surface area contributed by atoms with E-state index in [2.05, 4.69) is 26.2 Å². The molecule has 100 valence electrons. The van der Waals surface area contributed by atoms with Crippen LogP contribution >= 0.6 is 15.9 Å². The molecule has 1 aliphatic carbocycles. The normalized spacial score (nSPS) is 23.9. The number of alkyl halides is 1. The van der Waals surface area contributed by atoms with Crippen molar-refractivity contribution in [1.29, 1.82) is 0 Å². The van der Waals surface area contributed by atoms with Crippen LogP contribution in [0.25, 0.3) is 0 Å². The van der Waals surface area contributed by atoms with Crippen LogP contribution in [0.4, 0.5) is 0 Å². The van der Waals surface area contributed by atoms with Crippen molar-refractivity contribution in [2.45, 2.75) is 44.4 Å². The molecule has 1 amide bonds. The molecule has 0 bridgehead atoms. The third-order valence-corrected chi connectivity index (χ3v) is 4.21. The summed E-state index contributed by atoms with van der Waals surface area (Å²) in [5.74, 6) is 1.30. The highest BCUT2D eigenvalue weighted by Gasteiger charge is 2.22. The SMILES string of the molecule is Cc1nc(C)c(C(=O)NCC2CCCC(Br)C2)o1. The molecule has 0 aromatic carbocycles. The summed E-state index contributed by atoms with van der Waals surface area (Å²) in [7, 11) is 0. The van der Waals surface area contributed by atoms with Gasteiger partial charge in [-0.3, -0.25) is 4.79 Å². The number of hydrogen-bond acceptors (Lipinski definition) is 3. The maximum absolute atomic E-state index is 11.9. The van der Waals surface area contributed by atoms with E-state index < -0.39 is 0 Å². The number of rotatable bonds is 3. The summed E-state index contributed by atoms with van der Waals surface area (Å²) in [5.41, 5.74) is 0.659. The van der Waals surface area contributed by atoms with Crippen LogP contribution in [0.1, 0.15) is 47.8 Å². The van der Waals surface area contributed by atoms with Gasteiger partial charge in [0.15, 0.2) is 5.89 Å². The van der Waals surface area contributed by atoms with Crippen LogP contribution in [0.2, 0.25) is 0 Å². The summed E-state index contributed by atoms with van der Waals surface area (Å²) in [5, 5.41) is 2.95. The Balaban J connectivity index is 1.86. The van der Waals surface area contributed by atoms with Crippen LogP contribution in [0.3, 0.4) is 0 Å². The van der Waals surface area contributed by atoms with E-state index in [4.69, 9.17) is 4.42 Å². The van der Waals surface area contributed by atoms with Crippen LogP contribution in [-0.4, -0.2) is 22.3 Å². The van der Waals surface area contributed by atoms with E-state index in [1.54, 1.807) is 13.8 Å². The molecule has 0 spiro atoms. The molecule has 1 aromatic heterocycles. The monoisotopic (exact) mass is 314 g/mol. The van der Waals surface area contributed by atoms with Gasteiger partial charge in [0.2, 0.25) is 5.76 Å². The topological polar surface area (TPSA) is 55.1 Å². The molecular formula is C13H19BrN2O2. The molecule has 1 fully saturated rings. The lowest BCUT2D eigenvalue weighted by molar-refractivity contribution is 0.0914. The van der Waals surface area contributed by atoms with Gasteiger partial charge in [-0.15, -0.1) is 0 Å². The van der Waals surface area contributed by atoms with Crippen LogP contribution in [-0.2, 0) is 0 Å². The molecule has 2 rings (SSSR count). The second kappa shape index (κ2) is 5.87. The summed E-state index contributed by atoms with van der Waals surface area (Å²) in [6.45, 7) is 4.26. The Hall–Kier alpha value is -0.840. The highest BCUT2D eigenvalue weighted by atomic mass is 79.9. The number of amides is 1. The van der Waals surface area contributed by atoms with E-state index in [0.717, 1.165) is 13.0 Å². The minimum Gasteiger partial charge on any atom is -0.436 e. The Morgan fingerprint density at radius 1 is 1.50 bits per heavy atom. The maximum Gasteiger partial charge on any atom is 0.289 e. The third kappa shape index (κ3) is 3.34. The molecule has 1 saturated carbocycles. The molecule has 5 heteroatoms. The van der Waals surface area contributed by atoms with E-state index >= 15 is 0 Å². The van der Waals surface area contributed by atoms with Gasteiger partial charge >= 0.3 is 0 Å². The standard InChI is InChI=1S/C13H19BrN2O2/c1-8-12(18-9(2)16-8)13(17)15-7-10-4-3-5-11(14)6-10/h10-11H,3-7H2,1-2H3,(H,15,17). The number of halogens is 1. The Labute approximate surface area is 116 Å². The van der Waals surface area contributed by atoms with E-state index in [0.29, 0.717) is 28.1 Å². The van der Waals surface area contributed by atoms with E-state index in [1.807, 2.05) is 0 Å². The van der Waals surface area contributed by atoms with Crippen LogP contribution < -0.4 is 5.32 Å². The van der Waals surface area contributed by atoms with E-state index in [-0.39, 0.29) is 5.91 Å². The predicted molar refractivity (Wildman–Crippen MR) is 73.0 cm³/mol. The molecular weight excluding hydrogens is 296 g/mol. The third-order valence-electron chi connectivity index (χ3n) is 3.38. The molecule has 1 aromatic rings. The average molecular weight is 315 g/mol. The van der Waals surface area contributed by atoms with Gasteiger partial charge in [0.25, 0.3) is 5.91 Å². The summed E-state index contributed by atoms with van der Waals surface area (Å²) in [6.07, 6.45) is 4.80. The molecule has 0 radical (unpaired) electrons. The highest BCUT2D eigenvalue weighted by molar-refractivity contribution is 9.09. The summed E-state index contributed by atoms with van der Waals surface area (Å²) < 4.78 is 5.30. The van der Waals surface area contributed by atoms with Crippen molar-refractivity contribution in [2.75, 3.05) is 6.54 Å². The van der Waals surface area contributed by atoms with Crippen molar-refractivity contribution in [3.8, 4) is 0 Å². The van der Waals surface area contributed by atoms with Crippen molar-refractivity contribution < 1.29 is 9.21 Å². The number of nitrogens with one attached hydrogen (secondary N) is 1. The minimum absolute atomic E-state index is 0.148. The molecule has 0 aliphatic heterocycles. The molecule has 2 unspecified atom stereocenters. The average Bonchev–Trinajstić information content (AvgIpc) is 2.66. The Morgan fingerprint density at radius 3 is 2.89 bits per heavy atom. The quantitative estimate of drug-likeness (QED) is 0.873. The fourth-order valence-corrected chi connectivity index (χ4v) is 3.32. The maximum atomic E-state index is 11.9. The molecule has 1 aliphatic rings. The molecule has 0 saturated heterocycles. The highest BCUT2D eigenvalue weighted by Crippen LogP contribution is 2.28. The first-order valence-electron chi connectivity index (χ1n) is 6.42. The molecule has 2 atom stereocenters. The summed E-state index contributed by atoms with van der Waals surface area (Å²) in [6, 6.07) is 0. The number of hydrogen-bond donors (Lipinski definition) is 1. The predicted octanol–water partition coefficient (Wildman–Crippen LogP) is 2.97. The first-order chi connectivity index (χ1) is 8.56. The van der Waals surface area contributed by atoms with Gasteiger partial charge in [-0.25, -0.2) is 4.98 Å². The fraction of sp³-hybridized carbons (Fsp3) is 0.692. The second-order valence-electron chi connectivity index (χ2n) is 4.99. The van der Waals surface area contributed by atoms with Gasteiger partial charge in [0.05, 0.1) is 5.69 Å². The van der Waals surface area contributed by atoms with Gasteiger partial charge < -0.3 is 9.73 Å². The van der Waals surface area contributed by atoms with Crippen molar-refractivity contribution in [3.63, 3.8) is 0 Å². The van der Waals surface area contributed by atoms with E-state index in [1.165, 1.54) is 19.3 Å². The molecule has 18 heavy (non-hydrogen) atoms. The zero-order chi connectivity index (χ0) is 13.1. The Bertz CT molecular complexity index is 431. The zero-order valence-electron chi connectivity index (χ0n) is 10.8. The number of nitrogens with zero attached hydrogens (tertiary/aromatic N) is 1. The smallest absolute Gasteiger partial charge is 0.289 e. The van der Waals surface area contributed by atoms with Crippen molar-refractivity contribution in [3.05, 3.63) is 17.3 Å².